The molecule has 0 radical (unpaired) electrons. The van der Waals surface area contributed by atoms with E-state index in [1.54, 1.807) is 10.7 Å². The number of guanidine groups is 1. The molecule has 2 heterocycles. The van der Waals surface area contributed by atoms with Crippen molar-refractivity contribution in [2.75, 3.05) is 26.2 Å². The fourth-order valence-electron chi connectivity index (χ4n) is 2.88. The van der Waals surface area contributed by atoms with Crippen molar-refractivity contribution in [1.29, 1.82) is 0 Å². The second kappa shape index (κ2) is 8.64. The standard InChI is InChI=1S/C18H23BrFN5O/c1-3-21-18(22-9-13-4-5-15(19)16(20)8-13)25-6-7-26-17(12-25)14-10-23-24(2)11-14/h4-5,8,10-11,17H,3,6-7,9,12H2,1-2H3,(H,21,22). The summed E-state index contributed by atoms with van der Waals surface area (Å²) in [6.07, 6.45) is 3.78. The third-order valence-electron chi connectivity index (χ3n) is 4.19. The van der Waals surface area contributed by atoms with Gasteiger partial charge < -0.3 is 15.0 Å². The zero-order chi connectivity index (χ0) is 18.5. The first-order valence-corrected chi connectivity index (χ1v) is 9.43. The molecule has 1 N–H and O–H groups in total. The van der Waals surface area contributed by atoms with Crippen molar-refractivity contribution in [3.05, 3.63) is 52.0 Å². The highest BCUT2D eigenvalue weighted by atomic mass is 79.9. The average Bonchev–Trinajstić information content (AvgIpc) is 3.08. The number of aryl methyl sites for hydroxylation is 1. The van der Waals surface area contributed by atoms with Gasteiger partial charge in [-0.2, -0.15) is 5.10 Å². The zero-order valence-corrected chi connectivity index (χ0v) is 16.5. The van der Waals surface area contributed by atoms with E-state index in [1.165, 1.54) is 6.07 Å². The maximum absolute atomic E-state index is 13.7. The number of nitrogens with zero attached hydrogens (tertiary/aromatic N) is 4. The summed E-state index contributed by atoms with van der Waals surface area (Å²) in [6.45, 7) is 5.30. The van der Waals surface area contributed by atoms with Gasteiger partial charge in [-0.25, -0.2) is 9.38 Å². The molecule has 1 aliphatic rings. The lowest BCUT2D eigenvalue weighted by molar-refractivity contribution is -0.00805. The van der Waals surface area contributed by atoms with Crippen molar-refractivity contribution in [1.82, 2.24) is 20.0 Å². The van der Waals surface area contributed by atoms with E-state index in [-0.39, 0.29) is 11.9 Å². The maximum Gasteiger partial charge on any atom is 0.194 e. The Labute approximate surface area is 161 Å². The Bertz CT molecular complexity index is 779. The Kier molecular flexibility index (Phi) is 6.26. The van der Waals surface area contributed by atoms with Gasteiger partial charge in [0.1, 0.15) is 11.9 Å². The van der Waals surface area contributed by atoms with E-state index >= 15 is 0 Å². The number of hydrogen-bond donors (Lipinski definition) is 1. The number of aliphatic imine (C=N–C) groups is 1. The molecule has 3 rings (SSSR count). The van der Waals surface area contributed by atoms with Crippen molar-refractivity contribution in [2.45, 2.75) is 19.6 Å². The Balaban J connectivity index is 1.72. The minimum absolute atomic E-state index is 0.0357. The molecule has 1 fully saturated rings. The number of benzene rings is 1. The fraction of sp³-hybridized carbons (Fsp3) is 0.444. The van der Waals surface area contributed by atoms with Crippen LogP contribution in [-0.2, 0) is 18.3 Å². The monoisotopic (exact) mass is 423 g/mol. The number of nitrogens with one attached hydrogen (secondary N) is 1. The van der Waals surface area contributed by atoms with E-state index in [0.29, 0.717) is 24.2 Å². The van der Waals surface area contributed by atoms with Gasteiger partial charge in [-0.3, -0.25) is 4.68 Å². The van der Waals surface area contributed by atoms with E-state index in [2.05, 4.69) is 36.2 Å². The topological polar surface area (TPSA) is 54.7 Å². The van der Waals surface area contributed by atoms with E-state index in [1.807, 2.05) is 32.4 Å². The van der Waals surface area contributed by atoms with Crippen LogP contribution in [-0.4, -0.2) is 46.9 Å². The summed E-state index contributed by atoms with van der Waals surface area (Å²) in [7, 11) is 1.90. The second-order valence-electron chi connectivity index (χ2n) is 6.17. The second-order valence-corrected chi connectivity index (χ2v) is 7.03. The number of morpholine rings is 1. The fourth-order valence-corrected chi connectivity index (χ4v) is 3.13. The minimum Gasteiger partial charge on any atom is -0.370 e. The third-order valence-corrected chi connectivity index (χ3v) is 4.84. The van der Waals surface area contributed by atoms with Crippen molar-refractivity contribution < 1.29 is 9.13 Å². The van der Waals surface area contributed by atoms with Gasteiger partial charge in [0.2, 0.25) is 0 Å². The molecule has 1 unspecified atom stereocenters. The van der Waals surface area contributed by atoms with Crippen LogP contribution in [0.5, 0.6) is 0 Å². The third kappa shape index (κ3) is 4.62. The smallest absolute Gasteiger partial charge is 0.194 e. The van der Waals surface area contributed by atoms with Gasteiger partial charge in [0.25, 0.3) is 0 Å². The van der Waals surface area contributed by atoms with Gasteiger partial charge in [-0.05, 0) is 40.5 Å². The Morgan fingerprint density at radius 3 is 3.04 bits per heavy atom. The zero-order valence-electron chi connectivity index (χ0n) is 15.0. The summed E-state index contributed by atoms with van der Waals surface area (Å²) < 4.78 is 21.8. The van der Waals surface area contributed by atoms with Crippen LogP contribution in [0.25, 0.3) is 0 Å². The summed E-state index contributed by atoms with van der Waals surface area (Å²) in [5.41, 5.74) is 1.89. The molecular formula is C18H23BrFN5O. The SMILES string of the molecule is CCNC(=NCc1ccc(Br)c(F)c1)N1CCOC(c2cnn(C)c2)C1. The number of rotatable bonds is 4. The molecule has 2 aromatic rings. The molecule has 6 nitrogen and oxygen atoms in total. The summed E-state index contributed by atoms with van der Waals surface area (Å²) in [5, 5.41) is 7.54. The molecule has 8 heteroatoms. The van der Waals surface area contributed by atoms with Crippen molar-refractivity contribution >= 4 is 21.9 Å². The van der Waals surface area contributed by atoms with Crippen LogP contribution in [0, 0.1) is 5.82 Å². The molecule has 1 saturated heterocycles. The van der Waals surface area contributed by atoms with Gasteiger partial charge >= 0.3 is 0 Å². The first kappa shape index (κ1) is 18.8. The highest BCUT2D eigenvalue weighted by Crippen LogP contribution is 2.22. The first-order chi connectivity index (χ1) is 12.6. The molecule has 0 aliphatic carbocycles. The summed E-state index contributed by atoms with van der Waals surface area (Å²) in [6, 6.07) is 5.09. The van der Waals surface area contributed by atoms with E-state index in [0.717, 1.165) is 30.2 Å². The van der Waals surface area contributed by atoms with Gasteiger partial charge in [0.05, 0.1) is 30.4 Å². The first-order valence-electron chi connectivity index (χ1n) is 8.64. The molecule has 1 atom stereocenters. The molecule has 0 spiro atoms. The lowest BCUT2D eigenvalue weighted by atomic mass is 10.1. The lowest BCUT2D eigenvalue weighted by Gasteiger charge is -2.34. The Morgan fingerprint density at radius 2 is 2.35 bits per heavy atom. The van der Waals surface area contributed by atoms with E-state index in [4.69, 9.17) is 4.74 Å². The number of ether oxygens (including phenoxy) is 1. The van der Waals surface area contributed by atoms with Crippen molar-refractivity contribution in [3.63, 3.8) is 0 Å². The largest absolute Gasteiger partial charge is 0.370 e. The molecule has 0 saturated carbocycles. The molecule has 1 aliphatic heterocycles. The highest BCUT2D eigenvalue weighted by Gasteiger charge is 2.25. The average molecular weight is 424 g/mol. The number of hydrogen-bond acceptors (Lipinski definition) is 3. The Hall–Kier alpha value is -1.93. The van der Waals surface area contributed by atoms with Crippen LogP contribution >= 0.6 is 15.9 Å². The van der Waals surface area contributed by atoms with Gasteiger partial charge in [0, 0.05) is 31.9 Å². The van der Waals surface area contributed by atoms with Crippen LogP contribution in [0.2, 0.25) is 0 Å². The van der Waals surface area contributed by atoms with E-state index < -0.39 is 0 Å². The van der Waals surface area contributed by atoms with Crippen molar-refractivity contribution in [2.24, 2.45) is 12.0 Å². The normalized spacial score (nSPS) is 18.2. The highest BCUT2D eigenvalue weighted by molar-refractivity contribution is 9.10. The minimum atomic E-state index is -0.272. The predicted molar refractivity (Wildman–Crippen MR) is 102 cm³/mol. The molecule has 0 bridgehead atoms. The number of aromatic nitrogens is 2. The Morgan fingerprint density at radius 1 is 1.50 bits per heavy atom. The molecule has 0 amide bonds. The van der Waals surface area contributed by atoms with Gasteiger partial charge in [-0.15, -0.1) is 0 Å². The molecule has 1 aromatic heterocycles. The summed E-state index contributed by atoms with van der Waals surface area (Å²) in [4.78, 5) is 6.87. The molecule has 140 valence electrons. The van der Waals surface area contributed by atoms with Gasteiger partial charge in [-0.1, -0.05) is 6.07 Å². The van der Waals surface area contributed by atoms with Crippen molar-refractivity contribution in [3.8, 4) is 0 Å². The van der Waals surface area contributed by atoms with Crippen LogP contribution in [0.15, 0.2) is 40.1 Å². The van der Waals surface area contributed by atoms with Gasteiger partial charge in [0.15, 0.2) is 5.96 Å². The predicted octanol–water partition coefficient (Wildman–Crippen LogP) is 2.86. The number of halogens is 2. The lowest BCUT2D eigenvalue weighted by Crippen LogP contribution is -2.48. The molecule has 26 heavy (non-hydrogen) atoms. The molecular weight excluding hydrogens is 401 g/mol. The summed E-state index contributed by atoms with van der Waals surface area (Å²) >= 11 is 3.18. The van der Waals surface area contributed by atoms with Crippen LogP contribution in [0.1, 0.15) is 24.2 Å². The maximum atomic E-state index is 13.7. The quantitative estimate of drug-likeness (QED) is 0.606. The van der Waals surface area contributed by atoms with Crippen LogP contribution in [0.4, 0.5) is 4.39 Å². The molecule has 1 aromatic carbocycles. The van der Waals surface area contributed by atoms with Crippen LogP contribution < -0.4 is 5.32 Å². The van der Waals surface area contributed by atoms with Crippen LogP contribution in [0.3, 0.4) is 0 Å². The van der Waals surface area contributed by atoms with E-state index in [9.17, 15) is 4.39 Å². The summed E-state index contributed by atoms with van der Waals surface area (Å²) in [5.74, 6) is 0.540.